The average Bonchev–Trinajstić information content (AvgIpc) is 2.64. The van der Waals surface area contributed by atoms with Gasteiger partial charge in [0.1, 0.15) is 4.90 Å². The second-order valence-corrected chi connectivity index (χ2v) is 9.83. The highest BCUT2D eigenvalue weighted by atomic mass is 35.5. The number of sulfonamides is 1. The van der Waals surface area contributed by atoms with Crippen LogP contribution in [0.5, 0.6) is 0 Å². The van der Waals surface area contributed by atoms with E-state index in [1.807, 2.05) is 0 Å². The van der Waals surface area contributed by atoms with Gasteiger partial charge < -0.3 is 5.11 Å². The molecule has 1 aliphatic heterocycles. The number of hydrogen-bond donors (Lipinski definition) is 2. The Kier molecular flexibility index (Phi) is 8.68. The van der Waals surface area contributed by atoms with Gasteiger partial charge in [-0.3, -0.25) is 4.90 Å². The van der Waals surface area contributed by atoms with Crippen molar-refractivity contribution in [2.24, 2.45) is 0 Å². The minimum atomic E-state index is -3.91. The second-order valence-electron chi connectivity index (χ2n) is 6.93. The van der Waals surface area contributed by atoms with E-state index in [-0.39, 0.29) is 26.5 Å². The van der Waals surface area contributed by atoms with E-state index in [2.05, 4.69) is 23.5 Å². The number of benzene rings is 1. The van der Waals surface area contributed by atoms with Gasteiger partial charge in [-0.05, 0) is 37.8 Å². The maximum Gasteiger partial charge on any atom is 0.242 e. The predicted octanol–water partition coefficient (Wildman–Crippen LogP) is 4.33. The summed E-state index contributed by atoms with van der Waals surface area (Å²) in [5.41, 5.74) is 0. The lowest BCUT2D eigenvalue weighted by atomic mass is 9.92. The molecule has 5 nitrogen and oxygen atoms in total. The fourth-order valence-corrected chi connectivity index (χ4v) is 5.75. The van der Waals surface area contributed by atoms with Crippen molar-refractivity contribution in [1.29, 1.82) is 0 Å². The average molecular weight is 458 g/mol. The van der Waals surface area contributed by atoms with Crippen LogP contribution in [-0.4, -0.2) is 49.7 Å². The van der Waals surface area contributed by atoms with Crippen molar-refractivity contribution in [3.63, 3.8) is 0 Å². The number of halogens is 3. The second kappa shape index (κ2) is 10.1. The fourth-order valence-electron chi connectivity index (χ4n) is 3.70. The van der Waals surface area contributed by atoms with Gasteiger partial charge in [-0.15, -0.1) is 0 Å². The Labute approximate surface area is 177 Å². The summed E-state index contributed by atoms with van der Waals surface area (Å²) in [5, 5.41) is 10.5. The molecule has 1 aromatic carbocycles. The quantitative estimate of drug-likeness (QED) is 0.570. The molecule has 154 valence electrons. The normalized spacial score (nSPS) is 22.7. The molecule has 3 atom stereocenters. The zero-order valence-corrected chi connectivity index (χ0v) is 18.7. The Morgan fingerprint density at radius 1 is 1.15 bits per heavy atom. The first-order chi connectivity index (χ1) is 12.7. The van der Waals surface area contributed by atoms with Crippen LogP contribution >= 0.6 is 34.8 Å². The Hall–Kier alpha value is -0.0800. The van der Waals surface area contributed by atoms with Gasteiger partial charge in [0.15, 0.2) is 0 Å². The Bertz CT molecular complexity index is 734. The van der Waals surface area contributed by atoms with Gasteiger partial charge in [0, 0.05) is 25.2 Å². The Morgan fingerprint density at radius 2 is 1.74 bits per heavy atom. The highest BCUT2D eigenvalue weighted by Gasteiger charge is 2.30. The monoisotopic (exact) mass is 456 g/mol. The minimum Gasteiger partial charge on any atom is -0.390 e. The fraction of sp³-hybridized carbons (Fsp3) is 0.667. The van der Waals surface area contributed by atoms with Crippen LogP contribution in [-0.2, 0) is 10.0 Å². The van der Waals surface area contributed by atoms with Crippen LogP contribution in [0.4, 0.5) is 0 Å². The van der Waals surface area contributed by atoms with E-state index in [1.165, 1.54) is 18.6 Å². The Balaban J connectivity index is 2.03. The molecule has 1 heterocycles. The molecule has 2 N–H and O–H groups in total. The van der Waals surface area contributed by atoms with Crippen LogP contribution in [0.15, 0.2) is 17.0 Å². The summed E-state index contributed by atoms with van der Waals surface area (Å²) in [6.45, 7) is 4.64. The van der Waals surface area contributed by atoms with Gasteiger partial charge in [0.2, 0.25) is 10.0 Å². The molecule has 1 fully saturated rings. The van der Waals surface area contributed by atoms with Gasteiger partial charge in [-0.1, -0.05) is 55.1 Å². The van der Waals surface area contributed by atoms with Crippen LogP contribution in [0, 0.1) is 0 Å². The zero-order valence-electron chi connectivity index (χ0n) is 15.6. The van der Waals surface area contributed by atoms with Crippen molar-refractivity contribution in [2.45, 2.75) is 69.0 Å². The van der Waals surface area contributed by atoms with Gasteiger partial charge in [-0.25, -0.2) is 13.1 Å². The highest BCUT2D eigenvalue weighted by Crippen LogP contribution is 2.34. The lowest BCUT2D eigenvalue weighted by molar-refractivity contribution is 0.0279. The number of hydrogen-bond acceptors (Lipinski definition) is 4. The molecule has 0 amide bonds. The van der Waals surface area contributed by atoms with Gasteiger partial charge in [0.25, 0.3) is 0 Å². The summed E-state index contributed by atoms with van der Waals surface area (Å²) < 4.78 is 27.5. The van der Waals surface area contributed by atoms with E-state index < -0.39 is 16.1 Å². The highest BCUT2D eigenvalue weighted by molar-refractivity contribution is 7.89. The predicted molar refractivity (Wildman–Crippen MR) is 111 cm³/mol. The van der Waals surface area contributed by atoms with E-state index in [0.717, 1.165) is 25.7 Å². The molecule has 1 unspecified atom stereocenters. The summed E-state index contributed by atoms with van der Waals surface area (Å²) in [7, 11) is -3.91. The lowest BCUT2D eigenvalue weighted by Gasteiger charge is -2.42. The summed E-state index contributed by atoms with van der Waals surface area (Å²) in [5.74, 6) is 0. The largest absolute Gasteiger partial charge is 0.390 e. The Morgan fingerprint density at radius 3 is 2.30 bits per heavy atom. The van der Waals surface area contributed by atoms with Gasteiger partial charge in [-0.2, -0.15) is 0 Å². The number of likely N-dealkylation sites (tertiary alicyclic amines) is 1. The lowest BCUT2D eigenvalue weighted by Crippen LogP contribution is -2.51. The van der Waals surface area contributed by atoms with Crippen LogP contribution in [0.25, 0.3) is 0 Å². The summed E-state index contributed by atoms with van der Waals surface area (Å²) in [6, 6.07) is 3.54. The van der Waals surface area contributed by atoms with Crippen molar-refractivity contribution in [3.8, 4) is 0 Å². The van der Waals surface area contributed by atoms with Crippen molar-refractivity contribution in [1.82, 2.24) is 9.62 Å². The van der Waals surface area contributed by atoms with Crippen LogP contribution in [0.3, 0.4) is 0 Å². The SMILES string of the molecule is CC[C@@H]1CCC[C@H](CC)N1CC(O)CNS(=O)(=O)c1ccc(Cl)c(Cl)c1Cl. The minimum absolute atomic E-state index is 0.00773. The standard InChI is InChI=1S/C18H27Cl3N2O3S/c1-3-12-6-5-7-13(4-2)23(12)11-14(24)10-22-27(25,26)16-9-8-15(19)17(20)18(16)21/h8-9,12-14,22,24H,3-7,10-11H2,1-2H3/t12-,13+,14?. The van der Waals surface area contributed by atoms with Crippen molar-refractivity contribution in [3.05, 3.63) is 27.2 Å². The maximum atomic E-state index is 12.5. The van der Waals surface area contributed by atoms with E-state index in [1.54, 1.807) is 0 Å². The summed E-state index contributed by atoms with van der Waals surface area (Å²) in [4.78, 5) is 2.18. The number of piperidine rings is 1. The van der Waals surface area contributed by atoms with Gasteiger partial charge >= 0.3 is 0 Å². The molecule has 0 aromatic heterocycles. The van der Waals surface area contributed by atoms with E-state index in [9.17, 15) is 13.5 Å². The molecular formula is C18H27Cl3N2O3S. The summed E-state index contributed by atoms with van der Waals surface area (Å²) >= 11 is 17.8. The molecule has 0 aliphatic carbocycles. The molecule has 1 saturated heterocycles. The molecule has 0 spiro atoms. The smallest absolute Gasteiger partial charge is 0.242 e. The zero-order chi connectivity index (χ0) is 20.2. The molecule has 9 heteroatoms. The van der Waals surface area contributed by atoms with E-state index in [0.29, 0.717) is 18.6 Å². The third-order valence-electron chi connectivity index (χ3n) is 5.18. The number of aliphatic hydroxyl groups is 1. The molecule has 1 aromatic rings. The van der Waals surface area contributed by atoms with Crippen molar-refractivity contribution >= 4 is 44.8 Å². The first-order valence-electron chi connectivity index (χ1n) is 9.28. The van der Waals surface area contributed by atoms with Crippen LogP contribution in [0.2, 0.25) is 15.1 Å². The number of aliphatic hydroxyl groups excluding tert-OH is 1. The van der Waals surface area contributed by atoms with Crippen LogP contribution < -0.4 is 4.72 Å². The molecule has 0 saturated carbocycles. The molecule has 27 heavy (non-hydrogen) atoms. The van der Waals surface area contributed by atoms with Crippen molar-refractivity contribution < 1.29 is 13.5 Å². The molecule has 0 bridgehead atoms. The first kappa shape index (κ1) is 23.2. The van der Waals surface area contributed by atoms with E-state index in [4.69, 9.17) is 34.8 Å². The third kappa shape index (κ3) is 5.72. The number of β-amino-alcohol motifs (C(OH)–C–C–N with tert-alkyl or cyclic N) is 1. The molecule has 2 rings (SSSR count). The molecular weight excluding hydrogens is 431 g/mol. The number of nitrogens with zero attached hydrogens (tertiary/aromatic N) is 1. The van der Waals surface area contributed by atoms with Crippen LogP contribution in [0.1, 0.15) is 46.0 Å². The van der Waals surface area contributed by atoms with Gasteiger partial charge in [0.05, 0.1) is 21.2 Å². The molecule has 1 aliphatic rings. The summed E-state index contributed by atoms with van der Waals surface area (Å²) in [6.07, 6.45) is 4.66. The number of nitrogens with one attached hydrogen (secondary N) is 1. The van der Waals surface area contributed by atoms with E-state index >= 15 is 0 Å². The first-order valence-corrected chi connectivity index (χ1v) is 11.9. The topological polar surface area (TPSA) is 69.6 Å². The maximum absolute atomic E-state index is 12.5. The third-order valence-corrected chi connectivity index (χ3v) is 8.05. The number of rotatable bonds is 8. The van der Waals surface area contributed by atoms with Crippen molar-refractivity contribution in [2.75, 3.05) is 13.1 Å². The molecule has 0 radical (unpaired) electrons.